The van der Waals surface area contributed by atoms with Crippen LogP contribution in [0.5, 0.6) is 5.75 Å². The molecular weight excluding hydrogens is 570 g/mol. The molecule has 5 rings (SSSR count). The first kappa shape index (κ1) is 29.5. The molecule has 1 aliphatic rings. The molecule has 4 aromatic rings. The van der Waals surface area contributed by atoms with Crippen molar-refractivity contribution < 1.29 is 26.7 Å². The number of H-pyrrole nitrogens is 1. The van der Waals surface area contributed by atoms with Gasteiger partial charge in [0.1, 0.15) is 11.6 Å². The zero-order chi connectivity index (χ0) is 29.9. The second kappa shape index (κ2) is 12.5. The lowest BCUT2D eigenvalue weighted by Crippen LogP contribution is -2.50. The number of aryl methyl sites for hydroxylation is 2. The summed E-state index contributed by atoms with van der Waals surface area (Å²) in [6, 6.07) is 7.79. The van der Waals surface area contributed by atoms with Crippen LogP contribution in [0.2, 0.25) is 0 Å². The third-order valence-electron chi connectivity index (χ3n) is 7.21. The number of ether oxygens (including phenoxy) is 1. The highest BCUT2D eigenvalue weighted by Crippen LogP contribution is 2.31. The molecule has 1 amide bonds. The predicted molar refractivity (Wildman–Crippen MR) is 149 cm³/mol. The quantitative estimate of drug-likeness (QED) is 0.222. The number of fused-ring (bicyclic) bond motifs is 1. The lowest BCUT2D eigenvalue weighted by molar-refractivity contribution is 0.0945. The Morgan fingerprint density at radius 1 is 1.17 bits per heavy atom. The smallest absolute Gasteiger partial charge is 0.273 e. The summed E-state index contributed by atoms with van der Waals surface area (Å²) in [5.41, 5.74) is 2.74. The summed E-state index contributed by atoms with van der Waals surface area (Å²) >= 11 is 0. The number of nitrogens with zero attached hydrogens (tertiary/aromatic N) is 6. The maximum absolute atomic E-state index is 14.0. The van der Waals surface area contributed by atoms with Gasteiger partial charge < -0.3 is 15.0 Å². The van der Waals surface area contributed by atoms with Crippen molar-refractivity contribution in [2.75, 3.05) is 20.0 Å². The molecular formula is C27H32F2N8O4S. The Morgan fingerprint density at radius 3 is 2.74 bits per heavy atom. The monoisotopic (exact) mass is 602 g/mol. The molecule has 0 atom stereocenters. The summed E-state index contributed by atoms with van der Waals surface area (Å²) in [4.78, 5) is 15.7. The lowest BCUT2D eigenvalue weighted by atomic mass is 9.99. The van der Waals surface area contributed by atoms with Gasteiger partial charge in [0.05, 0.1) is 17.1 Å². The Balaban J connectivity index is 1.07. The topological polar surface area (TPSA) is 148 Å². The van der Waals surface area contributed by atoms with Crippen LogP contribution in [0.4, 0.5) is 8.78 Å². The van der Waals surface area contributed by atoms with E-state index in [0.29, 0.717) is 31.7 Å². The number of unbranched alkanes of at least 4 members (excludes halogenated alkanes) is 1. The first-order valence-corrected chi connectivity index (χ1v) is 15.1. The largest absolute Gasteiger partial charge is 0.463 e. The molecule has 2 N–H and O–H groups in total. The van der Waals surface area contributed by atoms with Gasteiger partial charge in [0.15, 0.2) is 11.3 Å². The number of carbonyl (C=O) groups is 1. The van der Waals surface area contributed by atoms with Gasteiger partial charge in [-0.05, 0) is 63.4 Å². The summed E-state index contributed by atoms with van der Waals surface area (Å²) in [6.07, 6.45) is 3.79. The van der Waals surface area contributed by atoms with Crippen molar-refractivity contribution in [1.82, 2.24) is 39.8 Å². The van der Waals surface area contributed by atoms with E-state index >= 15 is 0 Å². The normalized spacial score (nSPS) is 14.4. The molecule has 0 radical (unpaired) electrons. The number of halogens is 2. The number of alkyl halides is 1. The second-order valence-corrected chi connectivity index (χ2v) is 13.0. The molecule has 0 aliphatic carbocycles. The first-order chi connectivity index (χ1) is 20.1. The van der Waals surface area contributed by atoms with Gasteiger partial charge in [-0.1, -0.05) is 5.21 Å². The standard InChI is InChI=1S/C27H32F2N8O4S/c1-17(2)42(39,40)37-13-20(14-37)24-11-18-9-21(32-34-26(18)31-24)5-3-4-8-36-15-25(33-35-36)27(38)30-12-19-10-22(41-16-28)6-7-23(19)29/h6-7,9-11,15,17,20H,3-5,8,12-14,16H2,1-2H3,(H,30,38)(H,31,34). The van der Waals surface area contributed by atoms with Crippen molar-refractivity contribution >= 4 is 27.0 Å². The van der Waals surface area contributed by atoms with Gasteiger partial charge in [-0.25, -0.2) is 21.5 Å². The molecule has 1 fully saturated rings. The minimum Gasteiger partial charge on any atom is -0.463 e. The number of aromatic nitrogens is 6. The molecule has 1 aromatic carbocycles. The Kier molecular flexibility index (Phi) is 8.77. The molecule has 224 valence electrons. The fourth-order valence-electron chi connectivity index (χ4n) is 4.68. The average Bonchev–Trinajstić information content (AvgIpc) is 3.57. The molecule has 4 heterocycles. The highest BCUT2D eigenvalue weighted by molar-refractivity contribution is 7.89. The molecule has 1 aliphatic heterocycles. The fraction of sp³-hybridized carbons (Fsp3) is 0.444. The number of hydrogen-bond acceptors (Lipinski definition) is 8. The lowest BCUT2D eigenvalue weighted by Gasteiger charge is -2.38. The van der Waals surface area contributed by atoms with Crippen LogP contribution in [-0.4, -0.2) is 74.0 Å². The van der Waals surface area contributed by atoms with Crippen molar-refractivity contribution in [3.63, 3.8) is 0 Å². The van der Waals surface area contributed by atoms with Gasteiger partial charge in [0.2, 0.25) is 16.9 Å². The third kappa shape index (κ3) is 6.57. The predicted octanol–water partition coefficient (Wildman–Crippen LogP) is 3.08. The van der Waals surface area contributed by atoms with Gasteiger partial charge in [0, 0.05) is 48.7 Å². The molecule has 0 bridgehead atoms. The maximum Gasteiger partial charge on any atom is 0.273 e. The highest BCUT2D eigenvalue weighted by Gasteiger charge is 2.38. The van der Waals surface area contributed by atoms with E-state index in [0.717, 1.165) is 35.7 Å². The molecule has 42 heavy (non-hydrogen) atoms. The van der Waals surface area contributed by atoms with Crippen molar-refractivity contribution in [3.05, 3.63) is 65.0 Å². The summed E-state index contributed by atoms with van der Waals surface area (Å²) < 4.78 is 58.8. The molecule has 12 nitrogen and oxygen atoms in total. The van der Waals surface area contributed by atoms with Crippen LogP contribution >= 0.6 is 0 Å². The summed E-state index contributed by atoms with van der Waals surface area (Å²) in [6.45, 7) is 3.69. The van der Waals surface area contributed by atoms with E-state index in [9.17, 15) is 22.0 Å². The van der Waals surface area contributed by atoms with E-state index < -0.39 is 33.9 Å². The number of aromatic amines is 1. The number of nitrogens with one attached hydrogen (secondary N) is 2. The van der Waals surface area contributed by atoms with Crippen LogP contribution in [0, 0.1) is 5.82 Å². The number of benzene rings is 1. The van der Waals surface area contributed by atoms with Crippen LogP contribution in [-0.2, 0) is 29.5 Å². The van der Waals surface area contributed by atoms with E-state index in [4.69, 9.17) is 4.74 Å². The zero-order valence-corrected chi connectivity index (χ0v) is 24.1. The Bertz CT molecular complexity index is 1670. The van der Waals surface area contributed by atoms with E-state index in [2.05, 4.69) is 30.8 Å². The van der Waals surface area contributed by atoms with Crippen molar-refractivity contribution in [1.29, 1.82) is 0 Å². The molecule has 1 saturated heterocycles. The minimum atomic E-state index is -3.24. The van der Waals surface area contributed by atoms with Crippen LogP contribution in [0.25, 0.3) is 11.0 Å². The van der Waals surface area contributed by atoms with Gasteiger partial charge in [-0.2, -0.15) is 5.10 Å². The average molecular weight is 603 g/mol. The number of sulfonamides is 1. The van der Waals surface area contributed by atoms with E-state index in [1.807, 2.05) is 12.1 Å². The molecule has 0 spiro atoms. The van der Waals surface area contributed by atoms with Gasteiger partial charge >= 0.3 is 0 Å². The van der Waals surface area contributed by atoms with Gasteiger partial charge in [0.25, 0.3) is 5.91 Å². The molecule has 0 saturated carbocycles. The van der Waals surface area contributed by atoms with Crippen LogP contribution in [0.15, 0.2) is 36.5 Å². The fourth-order valence-corrected chi connectivity index (χ4v) is 6.05. The van der Waals surface area contributed by atoms with E-state index in [1.165, 1.54) is 22.6 Å². The number of carbonyl (C=O) groups excluding carboxylic acids is 1. The Morgan fingerprint density at radius 2 is 1.98 bits per heavy atom. The van der Waals surface area contributed by atoms with Crippen molar-refractivity contribution in [2.24, 2.45) is 0 Å². The van der Waals surface area contributed by atoms with E-state index in [1.54, 1.807) is 18.5 Å². The zero-order valence-electron chi connectivity index (χ0n) is 23.3. The maximum atomic E-state index is 14.0. The molecule has 0 unspecified atom stereocenters. The summed E-state index contributed by atoms with van der Waals surface area (Å²) in [5, 5.41) is 19.6. The third-order valence-corrected chi connectivity index (χ3v) is 9.42. The highest BCUT2D eigenvalue weighted by atomic mass is 32.2. The number of rotatable bonds is 13. The number of amides is 1. The van der Waals surface area contributed by atoms with Crippen LogP contribution < -0.4 is 10.1 Å². The van der Waals surface area contributed by atoms with Crippen LogP contribution in [0.3, 0.4) is 0 Å². The molecule has 15 heteroatoms. The van der Waals surface area contributed by atoms with Crippen molar-refractivity contribution in [3.8, 4) is 5.75 Å². The first-order valence-electron chi connectivity index (χ1n) is 13.6. The van der Waals surface area contributed by atoms with Crippen molar-refractivity contribution in [2.45, 2.75) is 57.4 Å². The number of hydrogen-bond donors (Lipinski definition) is 2. The van der Waals surface area contributed by atoms with Gasteiger partial charge in [-0.15, -0.1) is 10.2 Å². The van der Waals surface area contributed by atoms with E-state index in [-0.39, 0.29) is 29.5 Å². The molecule has 3 aromatic heterocycles. The SMILES string of the molecule is CC(C)S(=O)(=O)N1CC(c2cc3cc(CCCCn4cc(C(=O)NCc5cc(OCF)ccc5F)nn4)nnc3[nH]2)C1. The Labute approximate surface area is 241 Å². The van der Waals surface area contributed by atoms with Gasteiger partial charge in [-0.3, -0.25) is 9.48 Å². The Hall–Kier alpha value is -3.98. The second-order valence-electron chi connectivity index (χ2n) is 10.5. The van der Waals surface area contributed by atoms with Crippen LogP contribution in [0.1, 0.15) is 60.0 Å². The summed E-state index contributed by atoms with van der Waals surface area (Å²) in [7, 11) is -3.24. The summed E-state index contributed by atoms with van der Waals surface area (Å²) in [5.74, 6) is -0.779. The minimum absolute atomic E-state index is 0.0996.